The molecular formula is C15H22F3N3. The van der Waals surface area contributed by atoms with E-state index in [4.69, 9.17) is 0 Å². The van der Waals surface area contributed by atoms with E-state index in [2.05, 4.69) is 10.3 Å². The van der Waals surface area contributed by atoms with Gasteiger partial charge in [0.05, 0.1) is 5.69 Å². The fourth-order valence-corrected chi connectivity index (χ4v) is 3.67. The van der Waals surface area contributed by atoms with Gasteiger partial charge in [-0.3, -0.25) is 0 Å². The minimum Gasteiger partial charge on any atom is -0.324 e. The van der Waals surface area contributed by atoms with Crippen molar-refractivity contribution >= 4 is 0 Å². The molecule has 1 aliphatic carbocycles. The number of nitrogens with one attached hydrogen (secondary N) is 1. The van der Waals surface area contributed by atoms with Gasteiger partial charge in [0.1, 0.15) is 0 Å². The number of fused-ring (bicyclic) bond motifs is 1. The second kappa shape index (κ2) is 5.99. The van der Waals surface area contributed by atoms with Crippen LogP contribution in [0.1, 0.15) is 55.7 Å². The summed E-state index contributed by atoms with van der Waals surface area (Å²) in [7, 11) is 0. The Kier molecular flexibility index (Phi) is 4.24. The summed E-state index contributed by atoms with van der Waals surface area (Å²) in [5.74, 6) is 0.0166. The number of aromatic nitrogens is 2. The Balaban J connectivity index is 1.73. The fraction of sp³-hybridized carbons (Fsp3) is 0.800. The SMILES string of the molecule is FC(F)(F)c1nc2c(n1CCCC1CCCC1)CCNC2. The average Bonchev–Trinajstić information content (AvgIpc) is 3.06. The number of halogens is 3. The fourth-order valence-electron chi connectivity index (χ4n) is 3.67. The molecule has 0 unspecified atom stereocenters. The molecule has 0 spiro atoms. The van der Waals surface area contributed by atoms with Crippen LogP contribution in [0.2, 0.25) is 0 Å². The first kappa shape index (κ1) is 14.9. The average molecular weight is 301 g/mol. The third kappa shape index (κ3) is 3.25. The second-order valence-corrected chi connectivity index (χ2v) is 6.20. The van der Waals surface area contributed by atoms with E-state index in [1.807, 2.05) is 0 Å². The Morgan fingerprint density at radius 2 is 2.00 bits per heavy atom. The van der Waals surface area contributed by atoms with Gasteiger partial charge in [-0.05, 0) is 18.8 Å². The monoisotopic (exact) mass is 301 g/mol. The highest BCUT2D eigenvalue weighted by Crippen LogP contribution is 2.33. The van der Waals surface area contributed by atoms with Crippen LogP contribution in [0, 0.1) is 5.92 Å². The van der Waals surface area contributed by atoms with Crippen LogP contribution < -0.4 is 5.32 Å². The minimum atomic E-state index is -4.36. The number of rotatable bonds is 4. The van der Waals surface area contributed by atoms with E-state index in [1.165, 1.54) is 30.3 Å². The molecule has 1 fully saturated rings. The molecule has 1 saturated carbocycles. The summed E-state index contributed by atoms with van der Waals surface area (Å²) in [6, 6.07) is 0. The molecule has 0 bridgehead atoms. The topological polar surface area (TPSA) is 29.9 Å². The summed E-state index contributed by atoms with van der Waals surface area (Å²) in [6.45, 7) is 1.64. The van der Waals surface area contributed by atoms with Gasteiger partial charge >= 0.3 is 6.18 Å². The number of hydrogen-bond donors (Lipinski definition) is 1. The summed E-state index contributed by atoms with van der Waals surface area (Å²) in [5.41, 5.74) is 1.36. The highest BCUT2D eigenvalue weighted by molar-refractivity contribution is 5.21. The Bertz CT molecular complexity index is 487. The molecule has 0 radical (unpaired) electrons. The van der Waals surface area contributed by atoms with Crippen LogP contribution in [-0.2, 0) is 25.7 Å². The van der Waals surface area contributed by atoms with Gasteiger partial charge in [0.2, 0.25) is 5.82 Å². The Morgan fingerprint density at radius 3 is 2.71 bits per heavy atom. The van der Waals surface area contributed by atoms with E-state index in [0.29, 0.717) is 25.2 Å². The van der Waals surface area contributed by atoms with E-state index in [-0.39, 0.29) is 0 Å². The molecular weight excluding hydrogens is 279 g/mol. The van der Waals surface area contributed by atoms with Crippen molar-refractivity contribution in [2.24, 2.45) is 5.92 Å². The van der Waals surface area contributed by atoms with Crippen LogP contribution >= 0.6 is 0 Å². The molecule has 0 aromatic carbocycles. The Labute approximate surface area is 122 Å². The normalized spacial score (nSPS) is 20.0. The van der Waals surface area contributed by atoms with E-state index in [9.17, 15) is 13.2 Å². The molecule has 0 atom stereocenters. The molecule has 1 aromatic rings. The molecule has 3 nitrogen and oxygen atoms in total. The molecule has 1 aliphatic heterocycles. The smallest absolute Gasteiger partial charge is 0.324 e. The van der Waals surface area contributed by atoms with Crippen LogP contribution in [0.4, 0.5) is 13.2 Å². The number of nitrogens with zero attached hydrogens (tertiary/aromatic N) is 2. The van der Waals surface area contributed by atoms with Crippen molar-refractivity contribution in [3.8, 4) is 0 Å². The molecule has 2 aliphatic rings. The minimum absolute atomic E-state index is 0.452. The molecule has 1 aromatic heterocycles. The van der Waals surface area contributed by atoms with Crippen molar-refractivity contribution in [3.63, 3.8) is 0 Å². The van der Waals surface area contributed by atoms with Gasteiger partial charge in [-0.1, -0.05) is 25.7 Å². The molecule has 3 rings (SSSR count). The highest BCUT2D eigenvalue weighted by atomic mass is 19.4. The van der Waals surface area contributed by atoms with Crippen LogP contribution in [-0.4, -0.2) is 16.1 Å². The van der Waals surface area contributed by atoms with E-state index >= 15 is 0 Å². The first-order valence-electron chi connectivity index (χ1n) is 7.92. The lowest BCUT2D eigenvalue weighted by molar-refractivity contribution is -0.147. The number of alkyl halides is 3. The number of imidazole rings is 1. The van der Waals surface area contributed by atoms with Gasteiger partial charge in [-0.15, -0.1) is 0 Å². The van der Waals surface area contributed by atoms with Crippen molar-refractivity contribution in [2.75, 3.05) is 6.54 Å². The summed E-state index contributed by atoms with van der Waals surface area (Å²) >= 11 is 0. The zero-order valence-corrected chi connectivity index (χ0v) is 12.2. The van der Waals surface area contributed by atoms with Gasteiger partial charge in [-0.2, -0.15) is 13.2 Å². The van der Waals surface area contributed by atoms with Crippen LogP contribution in [0.15, 0.2) is 0 Å². The van der Waals surface area contributed by atoms with E-state index in [1.54, 1.807) is 0 Å². The van der Waals surface area contributed by atoms with Gasteiger partial charge < -0.3 is 9.88 Å². The largest absolute Gasteiger partial charge is 0.449 e. The molecule has 0 saturated heterocycles. The zero-order valence-electron chi connectivity index (χ0n) is 12.2. The first-order chi connectivity index (χ1) is 10.1. The van der Waals surface area contributed by atoms with Gasteiger partial charge in [-0.25, -0.2) is 4.98 Å². The van der Waals surface area contributed by atoms with Crippen LogP contribution in [0.5, 0.6) is 0 Å². The second-order valence-electron chi connectivity index (χ2n) is 6.20. The summed E-state index contributed by atoms with van der Waals surface area (Å²) < 4.78 is 40.9. The Morgan fingerprint density at radius 1 is 1.24 bits per heavy atom. The van der Waals surface area contributed by atoms with Crippen LogP contribution in [0.3, 0.4) is 0 Å². The summed E-state index contributed by atoms with van der Waals surface area (Å²) in [6.07, 6.45) is 3.21. The first-order valence-corrected chi connectivity index (χ1v) is 7.92. The molecule has 2 heterocycles. The van der Waals surface area contributed by atoms with Gasteiger partial charge in [0.15, 0.2) is 0 Å². The van der Waals surface area contributed by atoms with Crippen molar-refractivity contribution in [1.82, 2.24) is 14.9 Å². The van der Waals surface area contributed by atoms with Crippen molar-refractivity contribution in [1.29, 1.82) is 0 Å². The van der Waals surface area contributed by atoms with Crippen molar-refractivity contribution < 1.29 is 13.2 Å². The van der Waals surface area contributed by atoms with Crippen LogP contribution in [0.25, 0.3) is 0 Å². The molecule has 1 N–H and O–H groups in total. The lowest BCUT2D eigenvalue weighted by Gasteiger charge is -2.17. The third-order valence-electron chi connectivity index (χ3n) is 4.71. The maximum absolute atomic E-state index is 13.2. The molecule has 118 valence electrons. The Hall–Kier alpha value is -1.04. The quantitative estimate of drug-likeness (QED) is 0.922. The maximum atomic E-state index is 13.2. The predicted octanol–water partition coefficient (Wildman–Crippen LogP) is 3.52. The van der Waals surface area contributed by atoms with Crippen molar-refractivity contribution in [2.45, 2.75) is 64.2 Å². The lowest BCUT2D eigenvalue weighted by Crippen LogP contribution is -2.25. The maximum Gasteiger partial charge on any atom is 0.449 e. The van der Waals surface area contributed by atoms with E-state index in [0.717, 1.165) is 31.0 Å². The van der Waals surface area contributed by atoms with E-state index < -0.39 is 12.0 Å². The summed E-state index contributed by atoms with van der Waals surface area (Å²) in [5, 5.41) is 3.09. The lowest BCUT2D eigenvalue weighted by atomic mass is 10.0. The predicted molar refractivity (Wildman–Crippen MR) is 73.8 cm³/mol. The highest BCUT2D eigenvalue weighted by Gasteiger charge is 2.39. The zero-order chi connectivity index (χ0) is 14.9. The molecule has 6 heteroatoms. The van der Waals surface area contributed by atoms with Gasteiger partial charge in [0, 0.05) is 31.7 Å². The molecule has 0 amide bonds. The standard InChI is InChI=1S/C15H22F3N3/c16-15(17,18)14-20-12-10-19-8-7-13(12)21(14)9-3-6-11-4-1-2-5-11/h11,19H,1-10H2. The van der Waals surface area contributed by atoms with Gasteiger partial charge in [0.25, 0.3) is 0 Å². The molecule has 21 heavy (non-hydrogen) atoms. The summed E-state index contributed by atoms with van der Waals surface area (Å²) in [4.78, 5) is 3.85. The third-order valence-corrected chi connectivity index (χ3v) is 4.71. The number of hydrogen-bond acceptors (Lipinski definition) is 2. The van der Waals surface area contributed by atoms with Crippen molar-refractivity contribution in [3.05, 3.63) is 17.2 Å².